The first-order valence-corrected chi connectivity index (χ1v) is 11.1. The van der Waals surface area contributed by atoms with Gasteiger partial charge in [0.2, 0.25) is 5.91 Å². The lowest BCUT2D eigenvalue weighted by molar-refractivity contribution is -0.129. The first kappa shape index (κ1) is 22.3. The van der Waals surface area contributed by atoms with Crippen LogP contribution in [0.25, 0.3) is 6.08 Å². The number of hydrogen-bond donors (Lipinski definition) is 2. The fraction of sp³-hybridized carbons (Fsp3) is 0.333. The summed E-state index contributed by atoms with van der Waals surface area (Å²) in [6.45, 7) is 2.11. The number of halogens is 2. The Bertz CT molecular complexity index is 1010. The molecule has 0 spiro atoms. The van der Waals surface area contributed by atoms with Gasteiger partial charge in [-0.3, -0.25) is 9.69 Å². The summed E-state index contributed by atoms with van der Waals surface area (Å²) in [5.74, 6) is -0.280. The minimum Gasteiger partial charge on any atom is -0.341 e. The molecule has 8 heteroatoms. The molecule has 2 fully saturated rings. The fourth-order valence-electron chi connectivity index (χ4n) is 4.46. The minimum atomic E-state index is -0.359. The van der Waals surface area contributed by atoms with Gasteiger partial charge in [0, 0.05) is 49.9 Å². The third-order valence-corrected chi connectivity index (χ3v) is 6.35. The summed E-state index contributed by atoms with van der Waals surface area (Å²) in [7, 11) is 1.53. The number of benzene rings is 2. The second-order valence-electron chi connectivity index (χ2n) is 8.20. The average molecular weight is 457 g/mol. The molecule has 2 bridgehead atoms. The van der Waals surface area contributed by atoms with Gasteiger partial charge in [-0.2, -0.15) is 0 Å². The van der Waals surface area contributed by atoms with Crippen LogP contribution in [0.15, 0.2) is 48.5 Å². The SMILES string of the molecule is CNC(=O)Nc1cc(Cl)ccc1C=CC(=O)N1CC2CCC(C1)N2Cc1ccc(F)cc1. The molecule has 2 atom stereocenters. The Morgan fingerprint density at radius 2 is 1.81 bits per heavy atom. The Labute approximate surface area is 192 Å². The molecular formula is C24H26ClFN4O2. The highest BCUT2D eigenvalue weighted by atomic mass is 35.5. The molecule has 2 unspecified atom stereocenters. The van der Waals surface area contributed by atoms with Crippen LogP contribution in [0.4, 0.5) is 14.9 Å². The van der Waals surface area contributed by atoms with Crippen molar-refractivity contribution in [3.05, 3.63) is 70.5 Å². The largest absolute Gasteiger partial charge is 0.341 e. The van der Waals surface area contributed by atoms with Gasteiger partial charge in [-0.1, -0.05) is 29.8 Å². The van der Waals surface area contributed by atoms with E-state index in [9.17, 15) is 14.0 Å². The Morgan fingerprint density at radius 3 is 2.47 bits per heavy atom. The van der Waals surface area contributed by atoms with E-state index in [2.05, 4.69) is 15.5 Å². The van der Waals surface area contributed by atoms with Crippen molar-refractivity contribution in [1.82, 2.24) is 15.1 Å². The molecule has 2 N–H and O–H groups in total. The van der Waals surface area contributed by atoms with Crippen LogP contribution in [0.3, 0.4) is 0 Å². The highest BCUT2D eigenvalue weighted by Crippen LogP contribution is 2.32. The van der Waals surface area contributed by atoms with Crippen LogP contribution in [0, 0.1) is 5.82 Å². The van der Waals surface area contributed by atoms with E-state index < -0.39 is 0 Å². The van der Waals surface area contributed by atoms with Crippen LogP contribution in [0.5, 0.6) is 0 Å². The number of urea groups is 1. The number of hydrogen-bond acceptors (Lipinski definition) is 3. The van der Waals surface area contributed by atoms with Crippen molar-refractivity contribution < 1.29 is 14.0 Å². The summed E-state index contributed by atoms with van der Waals surface area (Å²) in [4.78, 5) is 28.9. The van der Waals surface area contributed by atoms with Crippen LogP contribution >= 0.6 is 11.6 Å². The molecule has 2 heterocycles. The van der Waals surface area contributed by atoms with E-state index in [0.29, 0.717) is 41.4 Å². The van der Waals surface area contributed by atoms with Gasteiger partial charge in [0.25, 0.3) is 0 Å². The molecule has 6 nitrogen and oxygen atoms in total. The van der Waals surface area contributed by atoms with Gasteiger partial charge in [-0.05, 0) is 54.3 Å². The smallest absolute Gasteiger partial charge is 0.318 e. The fourth-order valence-corrected chi connectivity index (χ4v) is 4.63. The van der Waals surface area contributed by atoms with Crippen LogP contribution in [0.1, 0.15) is 24.0 Å². The van der Waals surface area contributed by atoms with Gasteiger partial charge < -0.3 is 15.5 Å². The van der Waals surface area contributed by atoms with Crippen molar-refractivity contribution in [2.75, 3.05) is 25.5 Å². The lowest BCUT2D eigenvalue weighted by Crippen LogP contribution is -2.54. The number of anilines is 1. The second-order valence-corrected chi connectivity index (χ2v) is 8.63. The highest BCUT2D eigenvalue weighted by molar-refractivity contribution is 6.31. The number of carbonyl (C=O) groups is 2. The van der Waals surface area contributed by atoms with E-state index in [1.54, 1.807) is 30.4 Å². The maximum atomic E-state index is 13.2. The van der Waals surface area contributed by atoms with Crippen molar-refractivity contribution >= 4 is 35.3 Å². The van der Waals surface area contributed by atoms with Gasteiger partial charge >= 0.3 is 6.03 Å². The molecule has 2 aromatic rings. The average Bonchev–Trinajstić information content (AvgIpc) is 3.00. The highest BCUT2D eigenvalue weighted by Gasteiger charge is 2.40. The topological polar surface area (TPSA) is 64.7 Å². The van der Waals surface area contributed by atoms with E-state index in [-0.39, 0.29) is 17.8 Å². The molecule has 2 saturated heterocycles. The van der Waals surface area contributed by atoms with Crippen LogP contribution in [0.2, 0.25) is 5.02 Å². The van der Waals surface area contributed by atoms with E-state index in [1.807, 2.05) is 17.0 Å². The maximum Gasteiger partial charge on any atom is 0.318 e. The summed E-state index contributed by atoms with van der Waals surface area (Å²) in [6, 6.07) is 12.0. The van der Waals surface area contributed by atoms with Crippen molar-refractivity contribution in [2.45, 2.75) is 31.5 Å². The van der Waals surface area contributed by atoms with Crippen molar-refractivity contribution in [2.24, 2.45) is 0 Å². The van der Waals surface area contributed by atoms with Crippen molar-refractivity contribution in [3.8, 4) is 0 Å². The van der Waals surface area contributed by atoms with Gasteiger partial charge in [0.1, 0.15) is 5.82 Å². The maximum absolute atomic E-state index is 13.2. The number of nitrogens with one attached hydrogen (secondary N) is 2. The summed E-state index contributed by atoms with van der Waals surface area (Å²) < 4.78 is 13.2. The van der Waals surface area contributed by atoms with Gasteiger partial charge in [-0.25, -0.2) is 9.18 Å². The molecular weight excluding hydrogens is 431 g/mol. The number of rotatable bonds is 5. The Balaban J connectivity index is 1.41. The monoisotopic (exact) mass is 456 g/mol. The molecule has 3 amide bonds. The predicted octanol–water partition coefficient (Wildman–Crippen LogP) is 4.12. The quantitative estimate of drug-likeness (QED) is 0.665. The Morgan fingerprint density at radius 1 is 1.12 bits per heavy atom. The summed E-state index contributed by atoms with van der Waals surface area (Å²) in [6.07, 6.45) is 5.36. The molecule has 168 valence electrons. The van der Waals surface area contributed by atoms with E-state index in [1.165, 1.54) is 19.2 Å². The summed E-state index contributed by atoms with van der Waals surface area (Å²) >= 11 is 6.05. The third-order valence-electron chi connectivity index (χ3n) is 6.12. The number of nitrogens with zero attached hydrogens (tertiary/aromatic N) is 2. The lowest BCUT2D eigenvalue weighted by atomic mass is 10.1. The molecule has 0 aromatic heterocycles. The zero-order chi connectivity index (χ0) is 22.7. The number of piperazine rings is 1. The molecule has 32 heavy (non-hydrogen) atoms. The molecule has 0 saturated carbocycles. The zero-order valence-corrected chi connectivity index (χ0v) is 18.6. The van der Waals surface area contributed by atoms with E-state index in [4.69, 9.17) is 11.6 Å². The first-order valence-electron chi connectivity index (χ1n) is 10.7. The molecule has 2 aliphatic rings. The number of amides is 3. The Hall–Kier alpha value is -2.90. The lowest BCUT2D eigenvalue weighted by Gasteiger charge is -2.40. The molecule has 4 rings (SSSR count). The number of carbonyl (C=O) groups excluding carboxylic acids is 2. The van der Waals surface area contributed by atoms with Crippen LogP contribution in [-0.2, 0) is 11.3 Å². The van der Waals surface area contributed by atoms with Crippen molar-refractivity contribution in [3.63, 3.8) is 0 Å². The number of likely N-dealkylation sites (tertiary alicyclic amines) is 1. The first-order chi connectivity index (χ1) is 15.4. The van der Waals surface area contributed by atoms with Crippen LogP contribution < -0.4 is 10.6 Å². The third kappa shape index (κ3) is 5.11. The second kappa shape index (κ2) is 9.71. The molecule has 2 aromatic carbocycles. The predicted molar refractivity (Wildman–Crippen MR) is 124 cm³/mol. The number of fused-ring (bicyclic) bond motifs is 2. The minimum absolute atomic E-state index is 0.0517. The van der Waals surface area contributed by atoms with Gasteiger partial charge in [0.05, 0.1) is 5.69 Å². The zero-order valence-electron chi connectivity index (χ0n) is 17.9. The summed E-state index contributed by atoms with van der Waals surface area (Å²) in [5.41, 5.74) is 2.32. The molecule has 2 aliphatic heterocycles. The van der Waals surface area contributed by atoms with Crippen molar-refractivity contribution in [1.29, 1.82) is 0 Å². The molecule has 0 radical (unpaired) electrons. The summed E-state index contributed by atoms with van der Waals surface area (Å²) in [5, 5.41) is 5.72. The molecule has 0 aliphatic carbocycles. The van der Waals surface area contributed by atoms with Gasteiger partial charge in [0.15, 0.2) is 0 Å². The van der Waals surface area contributed by atoms with E-state index >= 15 is 0 Å². The Kier molecular flexibility index (Phi) is 6.77. The van der Waals surface area contributed by atoms with Gasteiger partial charge in [-0.15, -0.1) is 0 Å². The standard InChI is InChI=1S/C24H26ClFN4O2/c1-27-24(32)28-22-12-18(25)6-4-17(22)5-11-23(31)29-14-20-9-10-21(15-29)30(20)13-16-2-7-19(26)8-3-16/h2-8,11-12,20-21H,9-10,13-15H2,1H3,(H2,27,28,32). The van der Waals surface area contributed by atoms with Crippen LogP contribution in [-0.4, -0.2) is 54.0 Å². The normalized spacial score (nSPS) is 20.5. The van der Waals surface area contributed by atoms with E-state index in [0.717, 1.165) is 24.9 Å².